The number of hydrogen-bond acceptors (Lipinski definition) is 5. The van der Waals surface area contributed by atoms with Gasteiger partial charge in [-0.05, 0) is 12.8 Å². The van der Waals surface area contributed by atoms with E-state index in [2.05, 4.69) is 15.0 Å². The van der Waals surface area contributed by atoms with Gasteiger partial charge in [-0.1, -0.05) is 13.8 Å². The van der Waals surface area contributed by atoms with Gasteiger partial charge in [0.2, 0.25) is 0 Å². The number of nitrogen functional groups attached to an aromatic ring is 1. The summed E-state index contributed by atoms with van der Waals surface area (Å²) >= 11 is 1.55. The van der Waals surface area contributed by atoms with Gasteiger partial charge >= 0.3 is 0 Å². The molecule has 0 aromatic carbocycles. The molecule has 6 heteroatoms. The van der Waals surface area contributed by atoms with Crippen molar-refractivity contribution in [2.45, 2.75) is 33.1 Å². The normalized spacial score (nSPS) is 11.1. The van der Waals surface area contributed by atoms with Crippen LogP contribution in [0.2, 0.25) is 0 Å². The van der Waals surface area contributed by atoms with Gasteiger partial charge in [-0.15, -0.1) is 11.3 Å². The monoisotopic (exact) mass is 264 g/mol. The number of nitrogens with two attached hydrogens (primary N) is 1. The van der Waals surface area contributed by atoms with Gasteiger partial charge in [0, 0.05) is 11.1 Å². The lowest BCUT2D eigenvalue weighted by Gasteiger charge is -2.08. The van der Waals surface area contributed by atoms with Crippen molar-refractivity contribution >= 4 is 17.2 Å². The van der Waals surface area contributed by atoms with E-state index in [1.165, 1.54) is 0 Å². The highest BCUT2D eigenvalue weighted by atomic mass is 32.1. The maximum atomic E-state index is 11.9. The van der Waals surface area contributed by atoms with Crippen molar-refractivity contribution in [1.82, 2.24) is 15.0 Å². The maximum absolute atomic E-state index is 11.9. The van der Waals surface area contributed by atoms with Gasteiger partial charge in [-0.25, -0.2) is 9.97 Å². The molecule has 0 atom stereocenters. The molecular weight excluding hydrogens is 248 g/mol. The molecule has 0 spiro atoms. The number of nitrogens with zero attached hydrogens (tertiary/aromatic N) is 2. The van der Waals surface area contributed by atoms with Crippen molar-refractivity contribution in [3.8, 4) is 0 Å². The number of aryl methyl sites for hydroxylation is 1. The van der Waals surface area contributed by atoms with Crippen molar-refractivity contribution < 1.29 is 0 Å². The van der Waals surface area contributed by atoms with Gasteiger partial charge in [0.05, 0.1) is 12.0 Å². The highest BCUT2D eigenvalue weighted by molar-refractivity contribution is 7.09. The zero-order valence-corrected chi connectivity index (χ0v) is 11.5. The Hall–Kier alpha value is -1.69. The van der Waals surface area contributed by atoms with E-state index in [0.717, 1.165) is 10.7 Å². The van der Waals surface area contributed by atoms with E-state index in [-0.39, 0.29) is 11.5 Å². The average molecular weight is 264 g/mol. The third kappa shape index (κ3) is 2.59. The van der Waals surface area contributed by atoms with Gasteiger partial charge in [0.25, 0.3) is 5.56 Å². The molecule has 0 aliphatic rings. The highest BCUT2D eigenvalue weighted by Crippen LogP contribution is 2.16. The lowest BCUT2D eigenvalue weighted by atomic mass is 10.1. The molecule has 0 amide bonds. The molecule has 2 rings (SSSR count). The van der Waals surface area contributed by atoms with Gasteiger partial charge in [-0.3, -0.25) is 4.79 Å². The van der Waals surface area contributed by atoms with Crippen LogP contribution in [0.25, 0.3) is 0 Å². The first kappa shape index (κ1) is 12.8. The van der Waals surface area contributed by atoms with Crippen LogP contribution in [0.15, 0.2) is 10.2 Å². The fourth-order valence-electron chi connectivity index (χ4n) is 1.82. The molecule has 2 aromatic heterocycles. The Morgan fingerprint density at radius 2 is 2.17 bits per heavy atom. The SMILES string of the molecule is Cc1csc(Cc2nc(N)c(C(C)C)c(=O)[nH]2)n1. The summed E-state index contributed by atoms with van der Waals surface area (Å²) in [6.07, 6.45) is 0.510. The first-order valence-corrected chi connectivity index (χ1v) is 6.65. The molecule has 18 heavy (non-hydrogen) atoms. The van der Waals surface area contributed by atoms with Crippen LogP contribution < -0.4 is 11.3 Å². The minimum atomic E-state index is -0.152. The molecule has 0 aliphatic carbocycles. The number of aromatic nitrogens is 3. The Balaban J connectivity index is 2.34. The van der Waals surface area contributed by atoms with Crippen molar-refractivity contribution in [2.75, 3.05) is 5.73 Å². The van der Waals surface area contributed by atoms with Gasteiger partial charge in [0.1, 0.15) is 16.6 Å². The van der Waals surface area contributed by atoms with E-state index in [0.29, 0.717) is 23.6 Å². The third-order valence-electron chi connectivity index (χ3n) is 2.60. The first-order chi connectivity index (χ1) is 8.47. The Morgan fingerprint density at radius 3 is 2.67 bits per heavy atom. The molecule has 0 aliphatic heterocycles. The number of nitrogens with one attached hydrogen (secondary N) is 1. The van der Waals surface area contributed by atoms with Crippen molar-refractivity contribution in [2.24, 2.45) is 0 Å². The van der Waals surface area contributed by atoms with E-state index < -0.39 is 0 Å². The standard InChI is InChI=1S/C12H16N4OS/c1-6(2)10-11(13)15-8(16-12(10)17)4-9-14-7(3)5-18-9/h5-6H,4H2,1-3H3,(H3,13,15,16,17). The molecule has 3 N–H and O–H groups in total. The van der Waals surface area contributed by atoms with E-state index >= 15 is 0 Å². The molecule has 2 heterocycles. The number of H-pyrrole nitrogens is 1. The molecule has 0 saturated heterocycles. The van der Waals surface area contributed by atoms with Crippen molar-refractivity contribution in [3.05, 3.63) is 37.8 Å². The zero-order valence-electron chi connectivity index (χ0n) is 10.7. The molecule has 0 saturated carbocycles. The second-order valence-corrected chi connectivity index (χ2v) is 5.47. The molecule has 0 unspecified atom stereocenters. The quantitative estimate of drug-likeness (QED) is 0.885. The second kappa shape index (κ2) is 4.89. The third-order valence-corrected chi connectivity index (χ3v) is 3.56. The summed E-state index contributed by atoms with van der Waals surface area (Å²) in [6.45, 7) is 5.78. The van der Waals surface area contributed by atoms with E-state index in [1.54, 1.807) is 11.3 Å². The Morgan fingerprint density at radius 1 is 1.44 bits per heavy atom. The summed E-state index contributed by atoms with van der Waals surface area (Å²) < 4.78 is 0. The first-order valence-electron chi connectivity index (χ1n) is 5.77. The fraction of sp³-hybridized carbons (Fsp3) is 0.417. The van der Waals surface area contributed by atoms with Crippen LogP contribution in [0.5, 0.6) is 0 Å². The fourth-order valence-corrected chi connectivity index (χ4v) is 2.59. The average Bonchev–Trinajstić information content (AvgIpc) is 2.62. The highest BCUT2D eigenvalue weighted by Gasteiger charge is 2.13. The van der Waals surface area contributed by atoms with Crippen LogP contribution in [-0.2, 0) is 6.42 Å². The van der Waals surface area contributed by atoms with Crippen LogP contribution in [0, 0.1) is 6.92 Å². The summed E-state index contributed by atoms with van der Waals surface area (Å²) in [5, 5.41) is 2.89. The van der Waals surface area contributed by atoms with Crippen molar-refractivity contribution in [1.29, 1.82) is 0 Å². The lowest BCUT2D eigenvalue weighted by molar-refractivity contribution is 0.816. The molecule has 96 valence electrons. The molecule has 5 nitrogen and oxygen atoms in total. The summed E-state index contributed by atoms with van der Waals surface area (Å²) in [6, 6.07) is 0. The molecular formula is C12H16N4OS. The summed E-state index contributed by atoms with van der Waals surface area (Å²) in [5.74, 6) is 0.950. The predicted molar refractivity (Wildman–Crippen MR) is 73.0 cm³/mol. The molecule has 0 bridgehead atoms. The number of anilines is 1. The zero-order chi connectivity index (χ0) is 13.3. The Kier molecular flexibility index (Phi) is 3.47. The minimum Gasteiger partial charge on any atom is -0.383 e. The van der Waals surface area contributed by atoms with E-state index in [1.807, 2.05) is 26.2 Å². The molecule has 0 fully saturated rings. The summed E-state index contributed by atoms with van der Waals surface area (Å²) in [4.78, 5) is 23.3. The number of rotatable bonds is 3. The molecule has 2 aromatic rings. The number of aromatic amines is 1. The lowest BCUT2D eigenvalue weighted by Crippen LogP contribution is -2.20. The smallest absolute Gasteiger partial charge is 0.256 e. The Labute approximate surface area is 109 Å². The van der Waals surface area contributed by atoms with Crippen molar-refractivity contribution in [3.63, 3.8) is 0 Å². The minimum absolute atomic E-state index is 0.0670. The van der Waals surface area contributed by atoms with Gasteiger partial charge in [-0.2, -0.15) is 0 Å². The number of thiazole rings is 1. The van der Waals surface area contributed by atoms with Crippen LogP contribution in [0.3, 0.4) is 0 Å². The van der Waals surface area contributed by atoms with Crippen LogP contribution >= 0.6 is 11.3 Å². The number of hydrogen-bond donors (Lipinski definition) is 2. The van der Waals surface area contributed by atoms with Crippen LogP contribution in [-0.4, -0.2) is 15.0 Å². The summed E-state index contributed by atoms with van der Waals surface area (Å²) in [7, 11) is 0. The predicted octanol–water partition coefficient (Wildman–Crippen LogP) is 1.83. The van der Waals surface area contributed by atoms with E-state index in [9.17, 15) is 4.79 Å². The van der Waals surface area contributed by atoms with Crippen LogP contribution in [0.4, 0.5) is 5.82 Å². The summed E-state index contributed by atoms with van der Waals surface area (Å²) in [5.41, 5.74) is 7.21. The Bertz CT molecular complexity index is 615. The maximum Gasteiger partial charge on any atom is 0.256 e. The molecule has 0 radical (unpaired) electrons. The van der Waals surface area contributed by atoms with Gasteiger partial charge < -0.3 is 10.7 Å². The topological polar surface area (TPSA) is 84.7 Å². The van der Waals surface area contributed by atoms with Crippen LogP contribution in [0.1, 0.15) is 41.9 Å². The second-order valence-electron chi connectivity index (χ2n) is 4.53. The largest absolute Gasteiger partial charge is 0.383 e. The van der Waals surface area contributed by atoms with E-state index in [4.69, 9.17) is 5.73 Å². The van der Waals surface area contributed by atoms with Gasteiger partial charge in [0.15, 0.2) is 0 Å².